The highest BCUT2D eigenvalue weighted by molar-refractivity contribution is 7.52. The molecule has 3 aromatic rings. The molecule has 0 bridgehead atoms. The second-order valence-electron chi connectivity index (χ2n) is 10.5. The van der Waals surface area contributed by atoms with Crippen molar-refractivity contribution in [2.45, 2.75) is 63.9 Å². The Bertz CT molecular complexity index is 1680. The first-order chi connectivity index (χ1) is 20.8. The van der Waals surface area contributed by atoms with Crippen LogP contribution in [0.4, 0.5) is 4.39 Å². The third-order valence-corrected chi connectivity index (χ3v) is 8.14. The van der Waals surface area contributed by atoms with Gasteiger partial charge in [-0.3, -0.25) is 23.7 Å². The van der Waals surface area contributed by atoms with Gasteiger partial charge in [-0.15, -0.1) is 0 Å². The summed E-state index contributed by atoms with van der Waals surface area (Å²) in [5.41, 5.74) is -2.70. The minimum Gasteiger partial charge on any atom is -0.462 e. The van der Waals surface area contributed by atoms with E-state index in [1.807, 2.05) is 35.3 Å². The highest BCUT2D eigenvalue weighted by Crippen LogP contribution is 2.47. The van der Waals surface area contributed by atoms with Gasteiger partial charge in [-0.1, -0.05) is 30.0 Å². The molecule has 6 atom stereocenters. The normalized spacial score (nSPS) is 23.3. The molecule has 0 saturated carbocycles. The Morgan fingerprint density at radius 2 is 1.75 bits per heavy atom. The number of H-pyrrole nitrogens is 1. The minimum absolute atomic E-state index is 0.0939. The van der Waals surface area contributed by atoms with Crippen molar-refractivity contribution in [1.82, 2.24) is 14.6 Å². The maximum absolute atomic E-state index is 15.6. The van der Waals surface area contributed by atoms with Crippen LogP contribution in [0.3, 0.4) is 0 Å². The van der Waals surface area contributed by atoms with Crippen molar-refractivity contribution in [3.8, 4) is 17.6 Å². The molecule has 0 spiro atoms. The highest BCUT2D eigenvalue weighted by Gasteiger charge is 2.56. The zero-order valence-corrected chi connectivity index (χ0v) is 25.3. The molecule has 0 amide bonds. The Hall–Kier alpha value is -4.05. The summed E-state index contributed by atoms with van der Waals surface area (Å²) in [4.78, 5) is 38.2. The van der Waals surface area contributed by atoms with Gasteiger partial charge in [-0.2, -0.15) is 5.09 Å². The topological polar surface area (TPSA) is 158 Å². The maximum Gasteiger partial charge on any atom is 0.459 e. The van der Waals surface area contributed by atoms with E-state index in [2.05, 4.69) is 16.9 Å². The van der Waals surface area contributed by atoms with Gasteiger partial charge in [-0.25, -0.2) is 13.8 Å². The third-order valence-electron chi connectivity index (χ3n) is 6.49. The van der Waals surface area contributed by atoms with Crippen LogP contribution in [0.5, 0.6) is 5.75 Å². The fourth-order valence-electron chi connectivity index (χ4n) is 4.25. The van der Waals surface area contributed by atoms with Gasteiger partial charge in [0.1, 0.15) is 24.0 Å². The zero-order chi connectivity index (χ0) is 32.1. The summed E-state index contributed by atoms with van der Waals surface area (Å²) in [6.07, 6.45) is -4.33. The molecular weight excluding hydrogens is 596 g/mol. The lowest BCUT2D eigenvalue weighted by Crippen LogP contribution is -2.43. The summed E-state index contributed by atoms with van der Waals surface area (Å²) in [6.45, 7) is 5.03. The Balaban J connectivity index is 1.53. The van der Waals surface area contributed by atoms with Crippen LogP contribution in [-0.2, 0) is 23.4 Å². The largest absolute Gasteiger partial charge is 0.462 e. The Morgan fingerprint density at radius 1 is 1.11 bits per heavy atom. The van der Waals surface area contributed by atoms with Crippen LogP contribution in [0, 0.1) is 11.8 Å². The maximum atomic E-state index is 15.6. The molecule has 1 aliphatic heterocycles. The second kappa shape index (κ2) is 13.7. The molecule has 234 valence electrons. The predicted octanol–water partition coefficient (Wildman–Crippen LogP) is 3.06. The minimum atomic E-state index is -4.42. The molecule has 2 heterocycles. The molecule has 4 rings (SSSR count). The van der Waals surface area contributed by atoms with Crippen molar-refractivity contribution < 1.29 is 37.4 Å². The van der Waals surface area contributed by atoms with Crippen LogP contribution in [0.2, 0.25) is 0 Å². The number of aromatic nitrogens is 2. The van der Waals surface area contributed by atoms with Crippen molar-refractivity contribution in [2.24, 2.45) is 0 Å². The number of rotatable bonds is 10. The van der Waals surface area contributed by atoms with E-state index in [0.29, 0.717) is 5.56 Å². The van der Waals surface area contributed by atoms with Gasteiger partial charge < -0.3 is 19.1 Å². The van der Waals surface area contributed by atoms with Gasteiger partial charge in [0, 0.05) is 23.4 Å². The Morgan fingerprint density at radius 3 is 2.36 bits per heavy atom. The third kappa shape index (κ3) is 8.11. The van der Waals surface area contributed by atoms with E-state index in [9.17, 15) is 24.1 Å². The first kappa shape index (κ1) is 32.9. The van der Waals surface area contributed by atoms with E-state index in [1.165, 1.54) is 19.1 Å². The summed E-state index contributed by atoms with van der Waals surface area (Å²) in [6, 6.07) is 15.5. The average molecular weight is 630 g/mol. The number of nitrogens with one attached hydrogen (secondary N) is 2. The van der Waals surface area contributed by atoms with Gasteiger partial charge in [0.05, 0.1) is 12.7 Å². The average Bonchev–Trinajstić information content (AvgIpc) is 3.19. The predicted molar refractivity (Wildman–Crippen MR) is 158 cm³/mol. The first-order valence-corrected chi connectivity index (χ1v) is 15.2. The number of benzene rings is 2. The van der Waals surface area contributed by atoms with Crippen molar-refractivity contribution in [3.63, 3.8) is 0 Å². The van der Waals surface area contributed by atoms with Crippen LogP contribution in [0.1, 0.15) is 45.0 Å². The number of aliphatic hydroxyl groups is 1. The number of ether oxygens (including phenoxy) is 2. The monoisotopic (exact) mass is 629 g/mol. The van der Waals surface area contributed by atoms with E-state index in [1.54, 1.807) is 26.0 Å². The lowest BCUT2D eigenvalue weighted by atomic mass is 9.98. The van der Waals surface area contributed by atoms with E-state index in [-0.39, 0.29) is 5.75 Å². The van der Waals surface area contributed by atoms with Gasteiger partial charge in [0.25, 0.3) is 5.56 Å². The van der Waals surface area contributed by atoms with Gasteiger partial charge in [-0.05, 0) is 64.1 Å². The smallest absolute Gasteiger partial charge is 0.459 e. The number of carbonyl (C=O) groups excluding carboxylic acids is 1. The van der Waals surface area contributed by atoms with E-state index in [0.717, 1.165) is 29.3 Å². The van der Waals surface area contributed by atoms with Crippen molar-refractivity contribution in [3.05, 3.63) is 98.8 Å². The van der Waals surface area contributed by atoms with Gasteiger partial charge in [0.2, 0.25) is 0 Å². The summed E-state index contributed by atoms with van der Waals surface area (Å²) in [5, 5.41) is 13.2. The molecule has 14 heteroatoms. The number of aliphatic hydroxyl groups excluding tert-OH is 1. The molecule has 0 radical (unpaired) electrons. The molecule has 12 nitrogen and oxygen atoms in total. The van der Waals surface area contributed by atoms with Crippen LogP contribution in [0.15, 0.2) is 76.4 Å². The lowest BCUT2D eigenvalue weighted by molar-refractivity contribution is -0.149. The quantitative estimate of drug-likeness (QED) is 0.173. The number of hydrogen-bond donors (Lipinski definition) is 3. The summed E-state index contributed by atoms with van der Waals surface area (Å²) in [5.74, 6) is 5.40. The number of hydrogen-bond acceptors (Lipinski definition) is 9. The molecule has 1 aromatic heterocycles. The molecule has 44 heavy (non-hydrogen) atoms. The van der Waals surface area contributed by atoms with Gasteiger partial charge in [0.15, 0.2) is 11.9 Å². The number of aromatic amines is 1. The van der Waals surface area contributed by atoms with Crippen molar-refractivity contribution >= 4 is 13.7 Å². The summed E-state index contributed by atoms with van der Waals surface area (Å²) >= 11 is 0. The van der Waals surface area contributed by atoms with Crippen LogP contribution >= 0.6 is 7.75 Å². The Kier molecular flexibility index (Phi) is 10.2. The first-order valence-electron chi connectivity index (χ1n) is 13.7. The van der Waals surface area contributed by atoms with Crippen LogP contribution in [-0.4, -0.2) is 57.3 Å². The zero-order valence-electron chi connectivity index (χ0n) is 24.4. The number of nitrogens with zero attached hydrogens (tertiary/aromatic N) is 1. The molecule has 1 saturated heterocycles. The molecule has 1 fully saturated rings. The van der Waals surface area contributed by atoms with E-state index in [4.69, 9.17) is 18.5 Å². The molecule has 2 aromatic carbocycles. The highest BCUT2D eigenvalue weighted by atomic mass is 31.2. The molecule has 0 aliphatic carbocycles. The number of alkyl halides is 1. The van der Waals surface area contributed by atoms with E-state index < -0.39 is 67.8 Å². The van der Waals surface area contributed by atoms with E-state index >= 15 is 4.39 Å². The second-order valence-corrected chi connectivity index (χ2v) is 12.2. The van der Waals surface area contributed by atoms with Crippen molar-refractivity contribution in [2.75, 3.05) is 6.61 Å². The van der Waals surface area contributed by atoms with Crippen LogP contribution < -0.4 is 20.9 Å². The number of esters is 1. The standard InChI is InChI=1S/C30H33FN3O9P/c1-19(2)41-27(37)20(3)33-44(39,43-23-14-12-22(13-15-23)11-10-21-8-6-5-7-9-21)40-18-24-26(36)30(4,31)28(42-24)34-17-16-25(35)32-29(34)38/h5-9,12-17,19-20,24,26,28,36H,18H2,1-4H3,(H,33,39)(H,32,35,38)/t20-,24+,26+,28+,30+,44?/m0/s1. The summed E-state index contributed by atoms with van der Waals surface area (Å²) < 4.78 is 52.4. The van der Waals surface area contributed by atoms with Crippen molar-refractivity contribution in [1.29, 1.82) is 0 Å². The van der Waals surface area contributed by atoms with Gasteiger partial charge >= 0.3 is 19.4 Å². The van der Waals surface area contributed by atoms with Crippen LogP contribution in [0.25, 0.3) is 0 Å². The molecular formula is C30H33FN3O9P. The Labute approximate surface area is 252 Å². The molecule has 1 aliphatic rings. The lowest BCUT2D eigenvalue weighted by Gasteiger charge is -2.25. The number of halogens is 1. The molecule has 3 N–H and O–H groups in total. The fraction of sp³-hybridized carbons (Fsp3) is 0.367. The molecule has 1 unspecified atom stereocenters. The fourth-order valence-corrected chi connectivity index (χ4v) is 5.75. The SMILES string of the molecule is CC(C)OC(=O)[C@H](C)NP(=O)(OC[C@H]1O[C@@H](n2ccc(=O)[nH]c2=O)[C@](C)(F)[C@@H]1O)Oc1ccc(C#Cc2ccccc2)cc1. The number of carbonyl (C=O) groups is 1. The summed E-state index contributed by atoms with van der Waals surface area (Å²) in [7, 11) is -4.42.